The number of benzene rings is 1. The van der Waals surface area contributed by atoms with Crippen LogP contribution in [-0.4, -0.2) is 38.3 Å². The zero-order valence-corrected chi connectivity index (χ0v) is 12.3. The van der Waals surface area contributed by atoms with Gasteiger partial charge in [-0.1, -0.05) is 0 Å². The molecular formula is C13H17FN2O3S. The summed E-state index contributed by atoms with van der Waals surface area (Å²) in [6, 6.07) is 2.38. The fourth-order valence-electron chi connectivity index (χ4n) is 2.42. The Kier molecular flexibility index (Phi) is 4.10. The molecule has 2 rings (SSSR count). The first-order valence-electron chi connectivity index (χ1n) is 6.36. The Labute approximate surface area is 117 Å². The van der Waals surface area contributed by atoms with Crippen molar-refractivity contribution in [1.29, 1.82) is 0 Å². The molecule has 1 heterocycles. The van der Waals surface area contributed by atoms with Crippen LogP contribution in [-0.2, 0) is 14.8 Å². The molecular weight excluding hydrogens is 283 g/mol. The third-order valence-electron chi connectivity index (χ3n) is 3.25. The van der Waals surface area contributed by atoms with Crippen LogP contribution >= 0.6 is 0 Å². The number of halogens is 1. The van der Waals surface area contributed by atoms with E-state index >= 15 is 0 Å². The Morgan fingerprint density at radius 1 is 1.25 bits per heavy atom. The van der Waals surface area contributed by atoms with E-state index in [1.165, 1.54) is 12.1 Å². The maximum Gasteiger partial charge on any atom is 0.244 e. The summed E-state index contributed by atoms with van der Waals surface area (Å²) in [6.07, 6.45) is 0.560. The van der Waals surface area contributed by atoms with E-state index in [2.05, 4.69) is 5.32 Å². The highest BCUT2D eigenvalue weighted by Gasteiger charge is 2.30. The van der Waals surface area contributed by atoms with Gasteiger partial charge in [0.2, 0.25) is 15.9 Å². The molecule has 1 aromatic carbocycles. The molecule has 0 bridgehead atoms. The van der Waals surface area contributed by atoms with Crippen LogP contribution in [0.4, 0.5) is 4.39 Å². The van der Waals surface area contributed by atoms with Crippen molar-refractivity contribution in [2.45, 2.75) is 25.2 Å². The van der Waals surface area contributed by atoms with Crippen molar-refractivity contribution in [1.82, 2.24) is 9.62 Å². The summed E-state index contributed by atoms with van der Waals surface area (Å²) in [5.74, 6) is -0.781. The molecule has 1 saturated heterocycles. The first-order chi connectivity index (χ1) is 9.32. The van der Waals surface area contributed by atoms with Gasteiger partial charge >= 0.3 is 0 Å². The van der Waals surface area contributed by atoms with Gasteiger partial charge in [-0.25, -0.2) is 12.8 Å². The van der Waals surface area contributed by atoms with Crippen LogP contribution in [0, 0.1) is 19.7 Å². The quantitative estimate of drug-likeness (QED) is 0.884. The molecule has 0 unspecified atom stereocenters. The molecule has 0 atom stereocenters. The lowest BCUT2D eigenvalue weighted by atomic mass is 10.1. The number of sulfonamides is 1. The predicted molar refractivity (Wildman–Crippen MR) is 72.3 cm³/mol. The predicted octanol–water partition coefficient (Wildman–Crippen LogP) is 0.953. The van der Waals surface area contributed by atoms with Crippen molar-refractivity contribution in [2.24, 2.45) is 0 Å². The monoisotopic (exact) mass is 300 g/mol. The van der Waals surface area contributed by atoms with Gasteiger partial charge in [0, 0.05) is 13.1 Å². The van der Waals surface area contributed by atoms with Crippen molar-refractivity contribution < 1.29 is 17.6 Å². The maximum atomic E-state index is 13.3. The SMILES string of the molecule is Cc1cc(F)cc(C)c1S(=O)(=O)N1CCCNC(=O)C1. The number of amides is 1. The van der Waals surface area contributed by atoms with Crippen molar-refractivity contribution in [3.8, 4) is 0 Å². The minimum absolute atomic E-state index is 0.0913. The van der Waals surface area contributed by atoms with E-state index < -0.39 is 15.8 Å². The maximum absolute atomic E-state index is 13.3. The molecule has 0 aliphatic carbocycles. The van der Waals surface area contributed by atoms with Crippen LogP contribution < -0.4 is 5.32 Å². The van der Waals surface area contributed by atoms with E-state index in [0.717, 1.165) is 4.31 Å². The average Bonchev–Trinajstić information content (AvgIpc) is 2.52. The fraction of sp³-hybridized carbons (Fsp3) is 0.462. The van der Waals surface area contributed by atoms with E-state index in [1.807, 2.05) is 0 Å². The van der Waals surface area contributed by atoms with E-state index in [-0.39, 0.29) is 23.9 Å². The molecule has 5 nitrogen and oxygen atoms in total. The summed E-state index contributed by atoms with van der Waals surface area (Å²) < 4.78 is 39.8. The zero-order valence-electron chi connectivity index (χ0n) is 11.4. The smallest absolute Gasteiger partial charge is 0.244 e. The number of nitrogens with one attached hydrogen (secondary N) is 1. The Hall–Kier alpha value is -1.47. The summed E-state index contributed by atoms with van der Waals surface area (Å²) >= 11 is 0. The lowest BCUT2D eigenvalue weighted by Gasteiger charge is -2.21. The van der Waals surface area contributed by atoms with Crippen molar-refractivity contribution >= 4 is 15.9 Å². The molecule has 1 amide bonds. The minimum atomic E-state index is -3.79. The van der Waals surface area contributed by atoms with Crippen LogP contribution in [0.2, 0.25) is 0 Å². The number of aryl methyl sites for hydroxylation is 2. The first kappa shape index (κ1) is 14.9. The van der Waals surface area contributed by atoms with E-state index in [4.69, 9.17) is 0 Å². The minimum Gasteiger partial charge on any atom is -0.355 e. The lowest BCUT2D eigenvalue weighted by molar-refractivity contribution is -0.120. The van der Waals surface area contributed by atoms with Crippen LogP contribution in [0.15, 0.2) is 17.0 Å². The van der Waals surface area contributed by atoms with Crippen molar-refractivity contribution in [2.75, 3.05) is 19.6 Å². The standard InChI is InChI=1S/C13H17FN2O3S/c1-9-6-11(14)7-10(2)13(9)20(18,19)16-5-3-4-15-12(17)8-16/h6-7H,3-5,8H2,1-2H3,(H,15,17). The molecule has 0 saturated carbocycles. The van der Waals surface area contributed by atoms with Gasteiger partial charge in [-0.2, -0.15) is 4.31 Å². The summed E-state index contributed by atoms with van der Waals surface area (Å²) in [7, 11) is -3.79. The highest BCUT2D eigenvalue weighted by molar-refractivity contribution is 7.89. The number of nitrogens with zero attached hydrogens (tertiary/aromatic N) is 1. The van der Waals surface area contributed by atoms with Crippen LogP contribution in [0.25, 0.3) is 0 Å². The van der Waals surface area contributed by atoms with Gasteiger partial charge in [-0.05, 0) is 43.5 Å². The van der Waals surface area contributed by atoms with Crippen LogP contribution in [0.5, 0.6) is 0 Å². The van der Waals surface area contributed by atoms with Gasteiger partial charge in [0.25, 0.3) is 0 Å². The molecule has 7 heteroatoms. The first-order valence-corrected chi connectivity index (χ1v) is 7.80. The van der Waals surface area contributed by atoms with E-state index in [0.29, 0.717) is 24.1 Å². The molecule has 1 aromatic rings. The Morgan fingerprint density at radius 2 is 1.85 bits per heavy atom. The number of hydrogen-bond donors (Lipinski definition) is 1. The highest BCUT2D eigenvalue weighted by atomic mass is 32.2. The number of carbonyl (C=O) groups is 1. The second-order valence-electron chi connectivity index (χ2n) is 4.91. The van der Waals surface area contributed by atoms with Gasteiger partial charge in [0.1, 0.15) is 5.82 Å². The number of rotatable bonds is 2. The molecule has 0 spiro atoms. The van der Waals surface area contributed by atoms with Gasteiger partial charge in [0.05, 0.1) is 11.4 Å². The molecule has 1 N–H and O–H groups in total. The molecule has 0 aromatic heterocycles. The summed E-state index contributed by atoms with van der Waals surface area (Å²) in [5.41, 5.74) is 0.708. The molecule has 1 aliphatic rings. The zero-order chi connectivity index (χ0) is 14.9. The third-order valence-corrected chi connectivity index (χ3v) is 5.40. The third kappa shape index (κ3) is 2.83. The molecule has 20 heavy (non-hydrogen) atoms. The van der Waals surface area contributed by atoms with E-state index in [9.17, 15) is 17.6 Å². The Bertz CT molecular complexity index is 620. The second-order valence-corrected chi connectivity index (χ2v) is 6.79. The summed E-state index contributed by atoms with van der Waals surface area (Å²) in [6.45, 7) is 3.66. The largest absolute Gasteiger partial charge is 0.355 e. The number of carbonyl (C=O) groups excluding carboxylic acids is 1. The molecule has 1 aliphatic heterocycles. The Balaban J connectivity index is 2.47. The fourth-order valence-corrected chi connectivity index (χ4v) is 4.26. The number of hydrogen-bond acceptors (Lipinski definition) is 3. The van der Waals surface area contributed by atoms with Crippen molar-refractivity contribution in [3.05, 3.63) is 29.1 Å². The van der Waals surface area contributed by atoms with Crippen LogP contribution in [0.1, 0.15) is 17.5 Å². The van der Waals surface area contributed by atoms with Crippen molar-refractivity contribution in [3.63, 3.8) is 0 Å². The lowest BCUT2D eigenvalue weighted by Crippen LogP contribution is -2.37. The van der Waals surface area contributed by atoms with Gasteiger partial charge in [-0.15, -0.1) is 0 Å². The molecule has 110 valence electrons. The normalized spacial score (nSPS) is 17.6. The summed E-state index contributed by atoms with van der Waals surface area (Å²) in [4.78, 5) is 11.6. The van der Waals surface area contributed by atoms with Gasteiger partial charge < -0.3 is 5.32 Å². The molecule has 1 fully saturated rings. The topological polar surface area (TPSA) is 66.5 Å². The second kappa shape index (κ2) is 5.49. The van der Waals surface area contributed by atoms with Gasteiger partial charge in [0.15, 0.2) is 0 Å². The summed E-state index contributed by atoms with van der Waals surface area (Å²) in [5, 5.41) is 2.63. The van der Waals surface area contributed by atoms with Gasteiger partial charge in [-0.3, -0.25) is 4.79 Å². The molecule has 0 radical (unpaired) electrons. The average molecular weight is 300 g/mol. The van der Waals surface area contributed by atoms with E-state index in [1.54, 1.807) is 13.8 Å². The highest BCUT2D eigenvalue weighted by Crippen LogP contribution is 2.25. The Morgan fingerprint density at radius 3 is 2.45 bits per heavy atom. The van der Waals surface area contributed by atoms with Crippen LogP contribution in [0.3, 0.4) is 0 Å².